The fourth-order valence-electron chi connectivity index (χ4n) is 3.56. The van der Waals surface area contributed by atoms with Crippen LogP contribution in [0.25, 0.3) is 6.08 Å². The van der Waals surface area contributed by atoms with Crippen molar-refractivity contribution in [2.24, 2.45) is 0 Å². The van der Waals surface area contributed by atoms with Gasteiger partial charge in [-0.3, -0.25) is 0 Å². The first-order valence-electron chi connectivity index (χ1n) is 12.9. The molecule has 0 saturated heterocycles. The van der Waals surface area contributed by atoms with Crippen LogP contribution in [0.5, 0.6) is 0 Å². The highest BCUT2D eigenvalue weighted by molar-refractivity contribution is 5.45. The Morgan fingerprint density at radius 1 is 0.700 bits per heavy atom. The quantitative estimate of drug-likeness (QED) is 0.175. The summed E-state index contributed by atoms with van der Waals surface area (Å²) in [6.07, 6.45) is 22.2. The Kier molecular flexibility index (Phi) is 19.1. The highest BCUT2D eigenvalue weighted by atomic mass is 15.3. The fourth-order valence-corrected chi connectivity index (χ4v) is 3.56. The molecule has 1 aromatic rings. The summed E-state index contributed by atoms with van der Waals surface area (Å²) in [6.45, 7) is 11.9. The average Bonchev–Trinajstić information content (AvgIpc) is 2.75. The normalized spacial score (nSPS) is 11.3. The molecule has 0 amide bonds. The Labute approximate surface area is 190 Å². The zero-order valence-corrected chi connectivity index (χ0v) is 21.3. The van der Waals surface area contributed by atoms with Gasteiger partial charge in [0.1, 0.15) is 0 Å². The minimum atomic E-state index is 0.752. The first-order valence-corrected chi connectivity index (χ1v) is 12.9. The molecule has 1 nitrogen and oxygen atoms in total. The van der Waals surface area contributed by atoms with E-state index in [1.165, 1.54) is 106 Å². The molecule has 0 spiro atoms. The van der Waals surface area contributed by atoms with Crippen molar-refractivity contribution in [1.82, 2.24) is 0 Å². The monoisotopic (exact) mass is 416 g/mol. The highest BCUT2D eigenvalue weighted by Crippen LogP contribution is 2.14. The van der Waals surface area contributed by atoms with Crippen LogP contribution in [0, 0.1) is 0 Å². The van der Waals surface area contributed by atoms with E-state index in [2.05, 4.69) is 41.4 Å². The van der Waals surface area contributed by atoms with Gasteiger partial charge in [-0.2, -0.15) is 0 Å². The Morgan fingerprint density at radius 2 is 1.10 bits per heavy atom. The molecule has 0 fully saturated rings. The Hall–Kier alpha value is -1.08. The molecule has 0 radical (unpaired) electrons. The van der Waals surface area contributed by atoms with Crippen LogP contribution in [0.4, 0.5) is 0 Å². The largest absolute Gasteiger partial charge is 0.327 e. The second-order valence-corrected chi connectivity index (χ2v) is 9.81. The summed E-state index contributed by atoms with van der Waals surface area (Å²) in [4.78, 5) is 0. The van der Waals surface area contributed by atoms with Gasteiger partial charge in [0.15, 0.2) is 0 Å². The van der Waals surface area contributed by atoms with Crippen molar-refractivity contribution < 1.29 is 4.48 Å². The standard InChI is InChI=1S/C21H46N.C8H8/c1-6-7-8-9-10-11-12-13-14-15-16-17-18-19-20-22(4,5)21(2)3;1-2-8-6-4-3-5-7-8/h21H,6-20H2,1-5H3;2-7H,1H2/q+1;. The maximum Gasteiger partial charge on any atom is 0.0829 e. The molecule has 0 unspecified atom stereocenters. The zero-order valence-electron chi connectivity index (χ0n) is 21.3. The number of hydrogen-bond donors (Lipinski definition) is 0. The summed E-state index contributed by atoms with van der Waals surface area (Å²) in [7, 11) is 4.74. The van der Waals surface area contributed by atoms with Gasteiger partial charge < -0.3 is 4.48 Å². The van der Waals surface area contributed by atoms with E-state index in [0.29, 0.717) is 0 Å². The fraction of sp³-hybridized carbons (Fsp3) is 0.724. The van der Waals surface area contributed by atoms with Gasteiger partial charge in [-0.05, 0) is 32.3 Å². The first kappa shape index (κ1) is 28.9. The average molecular weight is 417 g/mol. The van der Waals surface area contributed by atoms with Crippen LogP contribution in [0.15, 0.2) is 36.9 Å². The lowest BCUT2D eigenvalue weighted by Gasteiger charge is -2.34. The lowest BCUT2D eigenvalue weighted by molar-refractivity contribution is -0.911. The maximum absolute atomic E-state index is 3.63. The van der Waals surface area contributed by atoms with E-state index in [9.17, 15) is 0 Å². The summed E-state index contributed by atoms with van der Waals surface area (Å²) in [6, 6.07) is 10.8. The second-order valence-electron chi connectivity index (χ2n) is 9.81. The van der Waals surface area contributed by atoms with Crippen molar-refractivity contribution >= 4 is 6.08 Å². The Morgan fingerprint density at radius 3 is 1.43 bits per heavy atom. The molecule has 0 N–H and O–H groups in total. The van der Waals surface area contributed by atoms with Crippen LogP contribution in [-0.2, 0) is 0 Å². The van der Waals surface area contributed by atoms with Crippen LogP contribution in [0.3, 0.4) is 0 Å². The molecule has 0 aliphatic rings. The highest BCUT2D eigenvalue weighted by Gasteiger charge is 2.18. The van der Waals surface area contributed by atoms with Crippen LogP contribution >= 0.6 is 0 Å². The van der Waals surface area contributed by atoms with E-state index >= 15 is 0 Å². The number of nitrogens with zero attached hydrogens (tertiary/aromatic N) is 1. The maximum atomic E-state index is 3.63. The third-order valence-electron chi connectivity index (χ3n) is 6.52. The molecule has 0 saturated carbocycles. The van der Waals surface area contributed by atoms with Crippen LogP contribution in [0.2, 0.25) is 0 Å². The second kappa shape index (κ2) is 19.9. The number of rotatable bonds is 17. The topological polar surface area (TPSA) is 0 Å². The smallest absolute Gasteiger partial charge is 0.0829 e. The predicted octanol–water partition coefficient (Wildman–Crippen LogP) is 9.28. The minimum absolute atomic E-state index is 0.752. The van der Waals surface area contributed by atoms with Gasteiger partial charge in [-0.25, -0.2) is 0 Å². The molecular weight excluding hydrogens is 362 g/mol. The Balaban J connectivity index is 0.000000867. The summed E-state index contributed by atoms with van der Waals surface area (Å²) in [5, 5.41) is 0. The molecule has 0 atom stereocenters. The molecule has 1 heteroatoms. The molecule has 0 aliphatic heterocycles. The lowest BCUT2D eigenvalue weighted by atomic mass is 10.0. The Bertz CT molecular complexity index is 474. The van der Waals surface area contributed by atoms with Gasteiger partial charge in [-0.15, -0.1) is 0 Å². The number of hydrogen-bond acceptors (Lipinski definition) is 0. The number of unbranched alkanes of at least 4 members (excludes halogenated alkanes) is 13. The SMILES string of the molecule is C=Cc1ccccc1.CCCCCCCCCCCCCCCC[N+](C)(C)C(C)C. The van der Waals surface area contributed by atoms with E-state index in [-0.39, 0.29) is 0 Å². The van der Waals surface area contributed by atoms with E-state index in [4.69, 9.17) is 0 Å². The van der Waals surface area contributed by atoms with E-state index in [1.54, 1.807) is 0 Å². The molecule has 174 valence electrons. The third kappa shape index (κ3) is 17.8. The van der Waals surface area contributed by atoms with Crippen molar-refractivity contribution in [3.63, 3.8) is 0 Å². The van der Waals surface area contributed by atoms with Gasteiger partial charge in [0.2, 0.25) is 0 Å². The summed E-state index contributed by atoms with van der Waals surface area (Å²) in [5.41, 5.74) is 1.17. The molecule has 30 heavy (non-hydrogen) atoms. The molecule has 1 aromatic carbocycles. The first-order chi connectivity index (χ1) is 14.4. The molecular formula is C29H54N+. The van der Waals surface area contributed by atoms with Gasteiger partial charge >= 0.3 is 0 Å². The van der Waals surface area contributed by atoms with E-state index in [0.717, 1.165) is 6.04 Å². The molecule has 0 heterocycles. The zero-order chi connectivity index (χ0) is 22.5. The van der Waals surface area contributed by atoms with Crippen molar-refractivity contribution in [2.45, 2.75) is 117 Å². The number of quaternary nitrogens is 1. The molecule has 0 aromatic heterocycles. The van der Waals surface area contributed by atoms with Crippen molar-refractivity contribution in [3.8, 4) is 0 Å². The summed E-state index contributed by atoms with van der Waals surface area (Å²) >= 11 is 0. The van der Waals surface area contributed by atoms with Crippen LogP contribution in [0.1, 0.15) is 116 Å². The minimum Gasteiger partial charge on any atom is -0.327 e. The predicted molar refractivity (Wildman–Crippen MR) is 139 cm³/mol. The summed E-state index contributed by atoms with van der Waals surface area (Å²) in [5.74, 6) is 0. The van der Waals surface area contributed by atoms with Gasteiger partial charge in [0, 0.05) is 0 Å². The molecule has 1 rings (SSSR count). The van der Waals surface area contributed by atoms with Crippen LogP contribution in [-0.4, -0.2) is 31.2 Å². The van der Waals surface area contributed by atoms with Crippen molar-refractivity contribution in [3.05, 3.63) is 42.5 Å². The van der Waals surface area contributed by atoms with Crippen molar-refractivity contribution in [2.75, 3.05) is 20.6 Å². The summed E-state index contributed by atoms with van der Waals surface area (Å²) < 4.78 is 1.18. The van der Waals surface area contributed by atoms with Gasteiger partial charge in [0.05, 0.1) is 26.7 Å². The lowest BCUT2D eigenvalue weighted by Crippen LogP contribution is -2.46. The van der Waals surface area contributed by atoms with Crippen molar-refractivity contribution in [1.29, 1.82) is 0 Å². The van der Waals surface area contributed by atoms with E-state index < -0.39 is 0 Å². The molecule has 0 bridgehead atoms. The third-order valence-corrected chi connectivity index (χ3v) is 6.52. The van der Waals surface area contributed by atoms with Gasteiger partial charge in [0.25, 0.3) is 0 Å². The van der Waals surface area contributed by atoms with Crippen LogP contribution < -0.4 is 0 Å². The molecule has 0 aliphatic carbocycles. The number of benzene rings is 1. The van der Waals surface area contributed by atoms with Gasteiger partial charge in [-0.1, -0.05) is 127 Å². The van der Waals surface area contributed by atoms with E-state index in [1.807, 2.05) is 36.4 Å².